The van der Waals surface area contributed by atoms with Crippen molar-refractivity contribution in [2.45, 2.75) is 0 Å². The monoisotopic (exact) mass is 670 g/mol. The normalized spacial score (nSPS) is 12.2. The Morgan fingerprint density at radius 2 is 0.792 bits per heavy atom. The third-order valence-electron chi connectivity index (χ3n) is 11.6. The van der Waals surface area contributed by atoms with Crippen LogP contribution in [0.15, 0.2) is 186 Å². The summed E-state index contributed by atoms with van der Waals surface area (Å²) in [5.74, 6) is 0. The molecule has 53 heavy (non-hydrogen) atoms. The van der Waals surface area contributed by atoms with Gasteiger partial charge in [-0.1, -0.05) is 140 Å². The molecule has 0 atom stereocenters. The molecule has 11 aromatic rings. The van der Waals surface area contributed by atoms with Gasteiger partial charge in [-0.3, -0.25) is 0 Å². The second kappa shape index (κ2) is 10.8. The van der Waals surface area contributed by atoms with Gasteiger partial charge in [0, 0.05) is 10.8 Å². The van der Waals surface area contributed by atoms with Crippen LogP contribution in [0.3, 0.4) is 0 Å². The number of furan rings is 1. The van der Waals surface area contributed by atoms with E-state index in [4.69, 9.17) is 4.42 Å². The molecular weight excluding hydrogens is 641 g/mol. The van der Waals surface area contributed by atoms with Gasteiger partial charge in [-0.05, 0) is 141 Å². The molecule has 0 amide bonds. The van der Waals surface area contributed by atoms with Gasteiger partial charge in [0.1, 0.15) is 11.2 Å². The van der Waals surface area contributed by atoms with Gasteiger partial charge in [-0.2, -0.15) is 0 Å². The number of hydrogen-bond donors (Lipinski definition) is 0. The van der Waals surface area contributed by atoms with E-state index in [9.17, 15) is 0 Å². The van der Waals surface area contributed by atoms with Crippen molar-refractivity contribution in [2.75, 3.05) is 0 Å². The molecule has 1 aliphatic rings. The molecule has 0 N–H and O–H groups in total. The molecule has 0 saturated carbocycles. The molecule has 0 saturated heterocycles. The number of rotatable bonds is 3. The lowest BCUT2D eigenvalue weighted by Gasteiger charge is -2.11. The summed E-state index contributed by atoms with van der Waals surface area (Å²) in [5, 5.41) is 12.5. The van der Waals surface area contributed by atoms with Crippen molar-refractivity contribution in [1.82, 2.24) is 0 Å². The van der Waals surface area contributed by atoms with Gasteiger partial charge in [0.2, 0.25) is 0 Å². The van der Waals surface area contributed by atoms with Crippen molar-refractivity contribution in [3.63, 3.8) is 0 Å². The summed E-state index contributed by atoms with van der Waals surface area (Å²) in [6.45, 7) is 0. The standard InChI is InChI=1S/C52H30O/c1-2-9-38-34(8-1)29-47(43-13-6-3-10-40(38)43)36-21-25-51-49(30-36)48-28-33(20-24-50(48)53-51)32-18-16-31-17-19-35(27-37(31)26-32)39-22-23-46-42-12-5-4-11-41(42)45-15-7-14-44(39)52(45)46/h1-30H. The molecule has 0 aliphatic heterocycles. The van der Waals surface area contributed by atoms with Crippen LogP contribution in [0.1, 0.15) is 0 Å². The highest BCUT2D eigenvalue weighted by Crippen LogP contribution is 2.49. The molecule has 244 valence electrons. The molecule has 0 fully saturated rings. The lowest BCUT2D eigenvalue weighted by Crippen LogP contribution is -1.85. The first-order valence-electron chi connectivity index (χ1n) is 18.3. The molecule has 1 nitrogen and oxygen atoms in total. The maximum atomic E-state index is 6.40. The Bertz CT molecular complexity index is 3310. The molecule has 12 rings (SSSR count). The molecule has 0 unspecified atom stereocenters. The Morgan fingerprint density at radius 3 is 1.62 bits per heavy atom. The van der Waals surface area contributed by atoms with E-state index < -0.39 is 0 Å². The Morgan fingerprint density at radius 1 is 0.245 bits per heavy atom. The van der Waals surface area contributed by atoms with Crippen LogP contribution in [0.5, 0.6) is 0 Å². The smallest absolute Gasteiger partial charge is 0.135 e. The Hall–Kier alpha value is -6.96. The zero-order chi connectivity index (χ0) is 34.6. The van der Waals surface area contributed by atoms with E-state index in [1.54, 1.807) is 0 Å². The predicted octanol–water partition coefficient (Wildman–Crippen LogP) is 14.8. The van der Waals surface area contributed by atoms with E-state index in [1.807, 2.05) is 0 Å². The summed E-state index contributed by atoms with van der Waals surface area (Å²) in [7, 11) is 0. The lowest BCUT2D eigenvalue weighted by molar-refractivity contribution is 0.669. The van der Waals surface area contributed by atoms with Crippen LogP contribution < -0.4 is 0 Å². The van der Waals surface area contributed by atoms with Crippen molar-refractivity contribution < 1.29 is 4.42 Å². The van der Waals surface area contributed by atoms with Gasteiger partial charge in [0.25, 0.3) is 0 Å². The van der Waals surface area contributed by atoms with Crippen LogP contribution in [0.4, 0.5) is 0 Å². The number of benzene rings is 10. The molecule has 0 spiro atoms. The van der Waals surface area contributed by atoms with Crippen LogP contribution in [0.2, 0.25) is 0 Å². The number of fused-ring (bicyclic) bond motifs is 10. The highest BCUT2D eigenvalue weighted by molar-refractivity contribution is 6.19. The third-order valence-corrected chi connectivity index (χ3v) is 11.6. The van der Waals surface area contributed by atoms with Gasteiger partial charge in [-0.25, -0.2) is 0 Å². The molecule has 1 heteroatoms. The second-order valence-electron chi connectivity index (χ2n) is 14.4. The average Bonchev–Trinajstić information content (AvgIpc) is 3.76. The van der Waals surface area contributed by atoms with Crippen molar-refractivity contribution in [2.24, 2.45) is 0 Å². The third kappa shape index (κ3) is 4.19. The van der Waals surface area contributed by atoms with Crippen molar-refractivity contribution in [3.8, 4) is 55.6 Å². The van der Waals surface area contributed by atoms with E-state index >= 15 is 0 Å². The Kier molecular flexibility index (Phi) is 5.84. The first-order valence-corrected chi connectivity index (χ1v) is 18.3. The minimum atomic E-state index is 0.904. The van der Waals surface area contributed by atoms with E-state index in [0.717, 1.165) is 21.9 Å². The fourth-order valence-electron chi connectivity index (χ4n) is 9.07. The Labute approximate surface area is 306 Å². The maximum absolute atomic E-state index is 6.40. The summed E-state index contributed by atoms with van der Waals surface area (Å²) in [5.41, 5.74) is 14.4. The topological polar surface area (TPSA) is 13.1 Å². The van der Waals surface area contributed by atoms with Crippen LogP contribution in [-0.4, -0.2) is 0 Å². The Balaban J connectivity index is 0.974. The highest BCUT2D eigenvalue weighted by Gasteiger charge is 2.22. The maximum Gasteiger partial charge on any atom is 0.135 e. The molecule has 1 aliphatic carbocycles. The van der Waals surface area contributed by atoms with E-state index in [0.29, 0.717) is 0 Å². The number of hydrogen-bond acceptors (Lipinski definition) is 1. The van der Waals surface area contributed by atoms with Gasteiger partial charge >= 0.3 is 0 Å². The van der Waals surface area contributed by atoms with Crippen LogP contribution in [0, 0.1) is 0 Å². The van der Waals surface area contributed by atoms with Gasteiger partial charge in [-0.15, -0.1) is 0 Å². The molecule has 1 heterocycles. The average molecular weight is 671 g/mol. The van der Waals surface area contributed by atoms with Gasteiger partial charge in [0.05, 0.1) is 0 Å². The second-order valence-corrected chi connectivity index (χ2v) is 14.4. The summed E-state index contributed by atoms with van der Waals surface area (Å²) >= 11 is 0. The summed E-state index contributed by atoms with van der Waals surface area (Å²) in [6, 6.07) is 66.9. The zero-order valence-corrected chi connectivity index (χ0v) is 28.7. The van der Waals surface area contributed by atoms with Crippen LogP contribution >= 0.6 is 0 Å². The lowest BCUT2D eigenvalue weighted by atomic mass is 9.92. The summed E-state index contributed by atoms with van der Waals surface area (Å²) in [6.07, 6.45) is 0. The molecular formula is C52H30O. The molecule has 0 radical (unpaired) electrons. The summed E-state index contributed by atoms with van der Waals surface area (Å²) in [4.78, 5) is 0. The first-order chi connectivity index (χ1) is 26.2. The van der Waals surface area contributed by atoms with Gasteiger partial charge < -0.3 is 4.42 Å². The first kappa shape index (κ1) is 28.7. The minimum Gasteiger partial charge on any atom is -0.456 e. The molecule has 1 aromatic heterocycles. The van der Waals surface area contributed by atoms with Crippen molar-refractivity contribution >= 4 is 65.0 Å². The van der Waals surface area contributed by atoms with E-state index in [2.05, 4.69) is 182 Å². The SMILES string of the molecule is c1ccc2c(c1)-c1cccc3c(-c4ccc5ccc(-c6ccc7oc8ccc(-c9cc%10ccccc%10c%10ccccc9%10)cc8c7c6)cc5c4)ccc-2c13. The largest absolute Gasteiger partial charge is 0.456 e. The van der Waals surface area contributed by atoms with Crippen molar-refractivity contribution in [1.29, 1.82) is 0 Å². The van der Waals surface area contributed by atoms with Gasteiger partial charge in [0.15, 0.2) is 0 Å². The quantitative estimate of drug-likeness (QED) is 0.171. The van der Waals surface area contributed by atoms with E-state index in [1.165, 1.54) is 98.7 Å². The van der Waals surface area contributed by atoms with E-state index in [-0.39, 0.29) is 0 Å². The summed E-state index contributed by atoms with van der Waals surface area (Å²) < 4.78 is 6.40. The van der Waals surface area contributed by atoms with Crippen LogP contribution in [0.25, 0.3) is 121 Å². The highest BCUT2D eigenvalue weighted by atomic mass is 16.3. The predicted molar refractivity (Wildman–Crippen MR) is 224 cm³/mol. The fourth-order valence-corrected chi connectivity index (χ4v) is 9.07. The minimum absolute atomic E-state index is 0.904. The zero-order valence-electron chi connectivity index (χ0n) is 28.7. The molecule has 10 aromatic carbocycles. The van der Waals surface area contributed by atoms with Crippen LogP contribution in [-0.2, 0) is 0 Å². The van der Waals surface area contributed by atoms with Crippen molar-refractivity contribution in [3.05, 3.63) is 182 Å². The molecule has 0 bridgehead atoms. The fraction of sp³-hybridized carbons (Fsp3) is 0.